The number of thiophene rings is 5. The van der Waals surface area contributed by atoms with Gasteiger partial charge in [-0.3, -0.25) is 0 Å². The van der Waals surface area contributed by atoms with Crippen LogP contribution in [0.3, 0.4) is 0 Å². The first-order chi connectivity index (χ1) is 60.6. The lowest BCUT2D eigenvalue weighted by Gasteiger charge is -2.12. The van der Waals surface area contributed by atoms with Crippen LogP contribution in [0.25, 0.3) is 127 Å². The molecule has 12 nitrogen and oxygen atoms in total. The van der Waals surface area contributed by atoms with Gasteiger partial charge in [0, 0.05) is 68.7 Å². The van der Waals surface area contributed by atoms with Crippen molar-refractivity contribution in [2.75, 3.05) is 0 Å². The summed E-state index contributed by atoms with van der Waals surface area (Å²) in [6.45, 7) is 23.2. The van der Waals surface area contributed by atoms with Gasteiger partial charge < -0.3 is 0 Å². The Hall–Kier alpha value is -11.0. The molecule has 0 aliphatic carbocycles. The second kappa shape index (κ2) is 35.7. The van der Waals surface area contributed by atoms with Crippen LogP contribution in [-0.2, 0) is 80.8 Å². The number of aryl methyl sites for hydroxylation is 16. The molecule has 0 spiro atoms. The van der Waals surface area contributed by atoms with Crippen molar-refractivity contribution in [3.05, 3.63) is 216 Å². The number of nitrogens with zero attached hydrogens (tertiary/aromatic N) is 12. The summed E-state index contributed by atoms with van der Waals surface area (Å²) in [4.78, 5) is 16.3. The summed E-state index contributed by atoms with van der Waals surface area (Å²) < 4.78 is 348. The number of aromatic nitrogens is 12. The first-order valence-corrected chi connectivity index (χ1v) is 43.3. The van der Waals surface area contributed by atoms with Gasteiger partial charge in [0.05, 0.1) is 86.1 Å². The van der Waals surface area contributed by atoms with Gasteiger partial charge in [0.1, 0.15) is 70.7 Å². The molecule has 0 aliphatic heterocycles. The Labute approximate surface area is 735 Å². The van der Waals surface area contributed by atoms with Crippen molar-refractivity contribution in [3.8, 4) is 0 Å². The van der Waals surface area contributed by atoms with E-state index in [-0.39, 0.29) is 151 Å². The molecule has 41 heteroatoms. The standard InChI is InChI=1S/C17H14F5N2.C15H14F3N2S.4C14H11F4N2S/c1-5-8-7(3)23-16-13(20)10-9(14(21)17(16)24(8)4)6(2)11(18)15(22)12(10)19;1-5-8-7(3)19-12-11(17)14-9(6(2)15(18)21-14)10(16)13(12)20(8)4;1-4-6-7-10(16)13-8(11(17)14(18)21-13)9(15)12(7)19-5(2)20(6)3;1-4-6-7-9(15)8-10(16)14(18)21-13(8)11(17)12(7)19-5(2)20(6)3;1-4-6-8-7(5(2)19-20(6)3)11(16)13-9(10(8)15)12(17)14(18)21-13;1-4-6-8-7(5(2)19-20(6)3)10(15)9-12(17)14(18)21-13(9)11(8)16/h5H2,1-4H3;5H2,1-4H3;4*4H2,1-3H3/q6*+1. The summed E-state index contributed by atoms with van der Waals surface area (Å²) in [6.07, 6.45) is 2.81. The van der Waals surface area contributed by atoms with Gasteiger partial charge in [-0.15, -0.1) is 11.3 Å². The van der Waals surface area contributed by atoms with Crippen LogP contribution in [0.4, 0.5) is 105 Å². The number of hydrogen-bond donors (Lipinski definition) is 0. The minimum atomic E-state index is -1.83. The van der Waals surface area contributed by atoms with Crippen LogP contribution < -0.4 is 27.6 Å². The van der Waals surface area contributed by atoms with E-state index in [1.807, 2.05) is 13.8 Å². The van der Waals surface area contributed by atoms with Gasteiger partial charge in [-0.25, -0.2) is 93.7 Å². The lowest BCUT2D eigenvalue weighted by molar-refractivity contribution is -0.736. The molecule has 0 saturated carbocycles. The molecular formula is C88H72F24N12S5+6. The van der Waals surface area contributed by atoms with Crippen molar-refractivity contribution >= 4 is 183 Å². The normalized spacial score (nSPS) is 11.8. The highest BCUT2D eigenvalue weighted by Gasteiger charge is 2.38. The van der Waals surface area contributed by atoms with Gasteiger partial charge in [-0.05, 0) is 67.3 Å². The zero-order chi connectivity index (χ0) is 95.3. The Morgan fingerprint density at radius 1 is 0.209 bits per heavy atom. The highest BCUT2D eigenvalue weighted by atomic mass is 32.1. The Morgan fingerprint density at radius 2 is 0.504 bits per heavy atom. The fourth-order valence-electron chi connectivity index (χ4n) is 16.6. The third kappa shape index (κ3) is 15.0. The molecule has 7 aromatic carbocycles. The first kappa shape index (κ1) is 95.5. The first-order valence-electron chi connectivity index (χ1n) is 39.2. The predicted octanol–water partition coefficient (Wildman–Crippen LogP) is 22.8. The van der Waals surface area contributed by atoms with Gasteiger partial charge in [0.15, 0.2) is 118 Å². The van der Waals surface area contributed by atoms with Crippen molar-refractivity contribution in [3.63, 3.8) is 0 Å². The van der Waals surface area contributed by atoms with E-state index in [1.54, 1.807) is 104 Å². The molecule has 18 rings (SSSR count). The maximum atomic E-state index is 15.0. The molecule has 129 heavy (non-hydrogen) atoms. The zero-order valence-electron chi connectivity index (χ0n) is 71.7. The minimum absolute atomic E-state index is 0.00820. The van der Waals surface area contributed by atoms with Crippen LogP contribution in [0.2, 0.25) is 0 Å². The highest BCUT2D eigenvalue weighted by Crippen LogP contribution is 2.46. The van der Waals surface area contributed by atoms with Crippen LogP contribution in [0.15, 0.2) is 0 Å². The van der Waals surface area contributed by atoms with Crippen LogP contribution in [0, 0.1) is 192 Å². The van der Waals surface area contributed by atoms with Gasteiger partial charge in [0.2, 0.25) is 66.0 Å². The molecule has 0 radical (unpaired) electrons. The van der Waals surface area contributed by atoms with Gasteiger partial charge >= 0.3 is 0 Å². The van der Waals surface area contributed by atoms with Gasteiger partial charge in [-0.1, -0.05) is 96.3 Å². The quantitative estimate of drug-likeness (QED) is 0.0711. The van der Waals surface area contributed by atoms with Crippen LogP contribution in [-0.4, -0.2) is 30.1 Å². The van der Waals surface area contributed by atoms with Crippen LogP contribution >= 0.6 is 56.7 Å². The summed E-state index contributed by atoms with van der Waals surface area (Å²) in [6, 6.07) is 0. The summed E-state index contributed by atoms with van der Waals surface area (Å²) in [7, 11) is 9.81. The smallest absolute Gasteiger partial charge is 0.237 e. The van der Waals surface area contributed by atoms with Crippen molar-refractivity contribution in [2.24, 2.45) is 42.3 Å². The highest BCUT2D eigenvalue weighted by molar-refractivity contribution is 7.19. The number of rotatable bonds is 6. The third-order valence-electron chi connectivity index (χ3n) is 22.9. The maximum Gasteiger partial charge on any atom is 0.296 e. The second-order valence-electron chi connectivity index (χ2n) is 29.9. The average Bonchev–Trinajstić information content (AvgIpc) is 1.62. The summed E-state index contributed by atoms with van der Waals surface area (Å²) in [5.41, 5.74) is 3.64. The molecule has 0 amide bonds. The number of halogens is 24. The Balaban J connectivity index is 0.000000132. The molecule has 0 fully saturated rings. The minimum Gasteiger partial charge on any atom is -0.237 e. The van der Waals surface area contributed by atoms with Crippen molar-refractivity contribution in [1.82, 2.24) is 30.1 Å². The topological polar surface area (TPSA) is 101 Å². The van der Waals surface area contributed by atoms with E-state index in [1.165, 1.54) is 41.7 Å². The van der Waals surface area contributed by atoms with E-state index in [0.717, 1.165) is 12.6 Å². The third-order valence-corrected chi connectivity index (χ3v) is 27.7. The number of fused-ring (bicyclic) bond motifs is 12. The van der Waals surface area contributed by atoms with Crippen LogP contribution in [0.5, 0.6) is 0 Å². The van der Waals surface area contributed by atoms with E-state index >= 15 is 4.39 Å². The summed E-state index contributed by atoms with van der Waals surface area (Å²) in [5.74, 6) is -20.2. The van der Waals surface area contributed by atoms with Crippen LogP contribution in [0.1, 0.15) is 121 Å². The molecule has 18 aromatic rings. The molecule has 0 saturated heterocycles. The lowest BCUT2D eigenvalue weighted by Crippen LogP contribution is -2.39. The molecule has 11 aromatic heterocycles. The Kier molecular flexibility index (Phi) is 26.4. The van der Waals surface area contributed by atoms with Crippen molar-refractivity contribution < 1.29 is 133 Å². The average molecular weight is 1910 g/mol. The number of benzene rings is 7. The molecule has 11 heterocycles. The fourth-order valence-corrected chi connectivity index (χ4v) is 20.9. The van der Waals surface area contributed by atoms with Gasteiger partial charge in [-0.2, -0.15) is 39.9 Å². The van der Waals surface area contributed by atoms with E-state index in [2.05, 4.69) is 30.1 Å². The molecule has 0 N–H and O–H groups in total. The molecule has 0 bridgehead atoms. The SMILES string of the molecule is CCc1c(C)nc2c(F)c3c(F)c(F)c(F)c(C)c3c(F)c2[n+]1C.CCc1c(C)nc2c(F)c3sc(F)c(C)c3c(F)c2[n+]1C.CCc1c2c(F)c3c(F)c(F)sc3c(F)c2c(C)n[n+]1C.CCc1c2c(F)c3c(F)c(F)sc3c(F)c2nc(C)[n+]1C.CCc1c2c(F)c3sc(F)c(F)c3c(F)c2c(C)n[n+]1C.CCc1c2c(F)c3sc(F)c(F)c3c(F)c2nc(C)[n+]1C. The van der Waals surface area contributed by atoms with E-state index in [4.69, 9.17) is 0 Å². The largest absolute Gasteiger partial charge is 0.296 e. The van der Waals surface area contributed by atoms with Crippen molar-refractivity contribution in [2.45, 2.75) is 135 Å². The lowest BCUT2D eigenvalue weighted by atomic mass is 10.0. The summed E-state index contributed by atoms with van der Waals surface area (Å²) >= 11 is 1.70. The molecule has 0 aliphatic rings. The van der Waals surface area contributed by atoms with E-state index in [9.17, 15) is 101 Å². The second-order valence-corrected chi connectivity index (χ2v) is 34.7. The number of hydrogen-bond acceptors (Lipinski definition) is 11. The Bertz CT molecular complexity index is 7880. The fraction of sp³-hybridized carbons (Fsp3) is 0.295. The van der Waals surface area contributed by atoms with E-state index < -0.39 is 180 Å². The Morgan fingerprint density at radius 3 is 0.915 bits per heavy atom. The maximum absolute atomic E-state index is 15.0. The molecular weight excluding hydrogens is 1840 g/mol. The van der Waals surface area contributed by atoms with E-state index in [0.29, 0.717) is 101 Å². The zero-order valence-corrected chi connectivity index (χ0v) is 75.8. The molecule has 0 atom stereocenters. The molecule has 0 unspecified atom stereocenters. The van der Waals surface area contributed by atoms with Crippen molar-refractivity contribution in [1.29, 1.82) is 0 Å². The molecule has 676 valence electrons. The monoisotopic (exact) mass is 1910 g/mol. The van der Waals surface area contributed by atoms with Gasteiger partial charge in [0.25, 0.3) is 22.7 Å². The summed E-state index contributed by atoms with van der Waals surface area (Å²) in [5, 5.41) is -1.47. The predicted molar refractivity (Wildman–Crippen MR) is 445 cm³/mol.